The minimum Gasteiger partial charge on any atom is -0.355 e. The van der Waals surface area contributed by atoms with Crippen LogP contribution >= 0.6 is 0 Å². The van der Waals surface area contributed by atoms with Gasteiger partial charge in [-0.2, -0.15) is 0 Å². The standard InChI is InChI=1S/C5H14O7Si2.C2H6/c1-6-13(7-2)10-5-11-14(8-3,9-4)12-13;1-2/h5H2,1-4H3;1-2H3. The molecule has 0 radical (unpaired) electrons. The predicted octanol–water partition coefficient (Wildman–Crippen LogP) is 0.490. The second-order valence-corrected chi connectivity index (χ2v) is 7.35. The maximum absolute atomic E-state index is 5.40. The lowest BCUT2D eigenvalue weighted by molar-refractivity contribution is -0.126. The Morgan fingerprint density at radius 3 is 1.31 bits per heavy atom. The summed E-state index contributed by atoms with van der Waals surface area (Å²) in [7, 11) is -0.498. The summed E-state index contributed by atoms with van der Waals surface area (Å²) in [5.41, 5.74) is 0. The van der Waals surface area contributed by atoms with Crippen LogP contribution in [0.2, 0.25) is 0 Å². The molecule has 0 bridgehead atoms. The van der Waals surface area contributed by atoms with E-state index >= 15 is 0 Å². The predicted molar refractivity (Wildman–Crippen MR) is 59.0 cm³/mol. The Hall–Kier alpha value is 0.154. The van der Waals surface area contributed by atoms with E-state index in [2.05, 4.69) is 0 Å². The maximum Gasteiger partial charge on any atom is 0.675 e. The summed E-state index contributed by atoms with van der Waals surface area (Å²) in [4.78, 5) is 0. The van der Waals surface area contributed by atoms with Crippen LogP contribution in [-0.2, 0) is 30.7 Å². The van der Waals surface area contributed by atoms with Crippen molar-refractivity contribution in [2.24, 2.45) is 0 Å². The van der Waals surface area contributed by atoms with Gasteiger partial charge >= 0.3 is 18.1 Å². The number of hydrogen-bond donors (Lipinski definition) is 0. The zero-order valence-corrected chi connectivity index (χ0v) is 12.6. The van der Waals surface area contributed by atoms with Crippen molar-refractivity contribution in [3.8, 4) is 0 Å². The van der Waals surface area contributed by atoms with E-state index in [0.717, 1.165) is 0 Å². The van der Waals surface area contributed by atoms with Gasteiger partial charge in [0.25, 0.3) is 0 Å². The van der Waals surface area contributed by atoms with E-state index in [4.69, 9.17) is 30.7 Å². The summed E-state index contributed by atoms with van der Waals surface area (Å²) in [5, 5.41) is 0. The average molecular weight is 272 g/mol. The Morgan fingerprint density at radius 2 is 1.06 bits per heavy atom. The van der Waals surface area contributed by atoms with Crippen molar-refractivity contribution >= 4 is 18.1 Å². The van der Waals surface area contributed by atoms with Gasteiger partial charge in [-0.15, -0.1) is 0 Å². The van der Waals surface area contributed by atoms with Crippen molar-refractivity contribution in [1.29, 1.82) is 0 Å². The van der Waals surface area contributed by atoms with E-state index in [1.54, 1.807) is 0 Å². The van der Waals surface area contributed by atoms with Crippen molar-refractivity contribution < 1.29 is 30.7 Å². The summed E-state index contributed by atoms with van der Waals surface area (Å²) in [6.07, 6.45) is 0. The van der Waals surface area contributed by atoms with E-state index in [-0.39, 0.29) is 6.79 Å². The SMILES string of the molecule is CC.CO[Si]1(OC)OCO[Si](OC)(OC)O1. The fourth-order valence-electron chi connectivity index (χ4n) is 0.955. The minimum absolute atomic E-state index is 0.0260. The summed E-state index contributed by atoms with van der Waals surface area (Å²) >= 11 is 0. The van der Waals surface area contributed by atoms with E-state index in [9.17, 15) is 0 Å². The first kappa shape index (κ1) is 16.2. The maximum atomic E-state index is 5.40. The lowest BCUT2D eigenvalue weighted by Crippen LogP contribution is -2.65. The molecule has 1 aliphatic rings. The molecule has 1 saturated heterocycles. The van der Waals surface area contributed by atoms with Crippen LogP contribution in [0, 0.1) is 0 Å². The van der Waals surface area contributed by atoms with Crippen LogP contribution in [0.15, 0.2) is 0 Å². The fraction of sp³-hybridized carbons (Fsp3) is 1.00. The van der Waals surface area contributed by atoms with Crippen LogP contribution in [0.1, 0.15) is 13.8 Å². The first-order valence-electron chi connectivity index (χ1n) is 4.84. The topological polar surface area (TPSA) is 64.6 Å². The fourth-order valence-corrected chi connectivity index (χ4v) is 5.31. The highest BCUT2D eigenvalue weighted by atomic mass is 28.5. The van der Waals surface area contributed by atoms with E-state index in [1.165, 1.54) is 28.4 Å². The quantitative estimate of drug-likeness (QED) is 0.690. The third kappa shape index (κ3) is 3.58. The molecule has 0 aromatic rings. The molecule has 0 aliphatic carbocycles. The van der Waals surface area contributed by atoms with Gasteiger partial charge in [0.05, 0.1) is 0 Å². The second kappa shape index (κ2) is 7.47. The zero-order chi connectivity index (χ0) is 12.7. The molecule has 0 spiro atoms. The van der Waals surface area contributed by atoms with Gasteiger partial charge in [0.15, 0.2) is 0 Å². The zero-order valence-electron chi connectivity index (χ0n) is 10.6. The van der Waals surface area contributed by atoms with Gasteiger partial charge in [0, 0.05) is 28.4 Å². The van der Waals surface area contributed by atoms with Gasteiger partial charge in [-0.1, -0.05) is 13.8 Å². The molecule has 0 amide bonds. The Kier molecular flexibility index (Phi) is 7.55. The molecule has 1 rings (SSSR count). The molecular formula is C7H20O7Si2. The van der Waals surface area contributed by atoms with Crippen molar-refractivity contribution in [2.75, 3.05) is 35.2 Å². The smallest absolute Gasteiger partial charge is 0.355 e. The second-order valence-electron chi connectivity index (χ2n) is 2.33. The van der Waals surface area contributed by atoms with Crippen molar-refractivity contribution in [3.05, 3.63) is 0 Å². The van der Waals surface area contributed by atoms with Crippen LogP contribution in [-0.4, -0.2) is 53.3 Å². The molecule has 0 N–H and O–H groups in total. The van der Waals surface area contributed by atoms with E-state index in [1.807, 2.05) is 13.8 Å². The Balaban J connectivity index is 0.00000106. The Bertz CT molecular complexity index is 166. The molecular weight excluding hydrogens is 252 g/mol. The van der Waals surface area contributed by atoms with Gasteiger partial charge in [-0.25, -0.2) is 0 Å². The highest BCUT2D eigenvalue weighted by molar-refractivity contribution is 6.69. The van der Waals surface area contributed by atoms with Crippen molar-refractivity contribution in [2.45, 2.75) is 13.8 Å². The van der Waals surface area contributed by atoms with Crippen molar-refractivity contribution in [3.63, 3.8) is 0 Å². The molecule has 0 unspecified atom stereocenters. The van der Waals surface area contributed by atoms with Gasteiger partial charge in [0.1, 0.15) is 6.79 Å². The van der Waals surface area contributed by atoms with Gasteiger partial charge < -0.3 is 30.7 Å². The average Bonchev–Trinajstić information content (AvgIpc) is 2.40. The van der Waals surface area contributed by atoms with Crippen LogP contribution in [0.25, 0.3) is 0 Å². The molecule has 0 saturated carbocycles. The van der Waals surface area contributed by atoms with Gasteiger partial charge in [-0.05, 0) is 0 Å². The summed E-state index contributed by atoms with van der Waals surface area (Å²) in [6.45, 7) is 3.97. The molecule has 16 heavy (non-hydrogen) atoms. The van der Waals surface area contributed by atoms with Crippen LogP contribution in [0.5, 0.6) is 0 Å². The largest absolute Gasteiger partial charge is 0.675 e. The van der Waals surface area contributed by atoms with E-state index in [0.29, 0.717) is 0 Å². The van der Waals surface area contributed by atoms with Crippen LogP contribution in [0.3, 0.4) is 0 Å². The van der Waals surface area contributed by atoms with Crippen molar-refractivity contribution in [1.82, 2.24) is 0 Å². The molecule has 1 aliphatic heterocycles. The molecule has 1 heterocycles. The Labute approximate surface area is 98.5 Å². The molecule has 1 fully saturated rings. The normalized spacial score (nSPS) is 22.1. The highest BCUT2D eigenvalue weighted by Crippen LogP contribution is 2.24. The number of rotatable bonds is 4. The van der Waals surface area contributed by atoms with E-state index < -0.39 is 18.1 Å². The Morgan fingerprint density at radius 1 is 0.750 bits per heavy atom. The molecule has 9 heteroatoms. The first-order valence-corrected chi connectivity index (χ1v) is 8.11. The number of hydrogen-bond acceptors (Lipinski definition) is 7. The van der Waals surface area contributed by atoms with Crippen LogP contribution < -0.4 is 0 Å². The summed E-state index contributed by atoms with van der Waals surface area (Å²) < 4.78 is 35.9. The summed E-state index contributed by atoms with van der Waals surface area (Å²) in [5.74, 6) is 0. The molecule has 98 valence electrons. The monoisotopic (exact) mass is 272 g/mol. The molecule has 0 aromatic heterocycles. The third-order valence-corrected chi connectivity index (χ3v) is 6.66. The highest BCUT2D eigenvalue weighted by Gasteiger charge is 2.61. The lowest BCUT2D eigenvalue weighted by atomic mass is 11.0. The van der Waals surface area contributed by atoms with Gasteiger partial charge in [-0.3, -0.25) is 0 Å². The molecule has 0 atom stereocenters. The molecule has 7 nitrogen and oxygen atoms in total. The van der Waals surface area contributed by atoms with Crippen LogP contribution in [0.4, 0.5) is 0 Å². The molecule has 0 aromatic carbocycles. The van der Waals surface area contributed by atoms with Gasteiger partial charge in [0.2, 0.25) is 0 Å². The first-order chi connectivity index (χ1) is 7.66. The lowest BCUT2D eigenvalue weighted by Gasteiger charge is -2.36. The third-order valence-electron chi connectivity index (χ3n) is 1.72. The summed E-state index contributed by atoms with van der Waals surface area (Å²) in [6, 6.07) is 0. The minimum atomic E-state index is -3.12.